The lowest BCUT2D eigenvalue weighted by Gasteiger charge is -2.19. The summed E-state index contributed by atoms with van der Waals surface area (Å²) in [6.07, 6.45) is 3.96. The lowest BCUT2D eigenvalue weighted by atomic mass is 9.90. The van der Waals surface area contributed by atoms with Crippen molar-refractivity contribution in [1.82, 2.24) is 5.32 Å². The number of esters is 1. The maximum absolute atomic E-state index is 12.9. The first-order chi connectivity index (χ1) is 16.5. The van der Waals surface area contributed by atoms with Gasteiger partial charge in [0.25, 0.3) is 0 Å². The molecule has 1 heterocycles. The van der Waals surface area contributed by atoms with Gasteiger partial charge in [0.2, 0.25) is 0 Å². The van der Waals surface area contributed by atoms with E-state index in [2.05, 4.69) is 5.32 Å². The standard InChI is InChI=1S/C27H29NO6/c1-3-9-22(28-27(31)32-16-18-10-5-4-6-11-18)26(30)33-23-15-14-20-19-12-7-8-13-21(19)25(29)34-24(20)17(23)2/h4-6,10-11,14-15,22H,3,7-9,12-13,16H2,1-2H3,(H,28,31)/t22-/m1/s1. The molecular weight excluding hydrogens is 434 g/mol. The van der Waals surface area contributed by atoms with Crippen LogP contribution < -0.4 is 15.7 Å². The first-order valence-corrected chi connectivity index (χ1v) is 11.7. The van der Waals surface area contributed by atoms with Gasteiger partial charge < -0.3 is 19.2 Å². The van der Waals surface area contributed by atoms with Crippen molar-refractivity contribution in [3.8, 4) is 5.75 Å². The fourth-order valence-corrected chi connectivity index (χ4v) is 4.36. The van der Waals surface area contributed by atoms with E-state index >= 15 is 0 Å². The number of alkyl carbamates (subject to hydrolysis) is 1. The first kappa shape index (κ1) is 23.5. The van der Waals surface area contributed by atoms with Gasteiger partial charge in [0.05, 0.1) is 0 Å². The predicted octanol–water partition coefficient (Wildman–Crippen LogP) is 4.98. The molecule has 3 aromatic rings. The Bertz CT molecular complexity index is 1250. The minimum atomic E-state index is -0.862. The normalized spacial score (nSPS) is 13.7. The number of amides is 1. The number of hydrogen-bond acceptors (Lipinski definition) is 6. The quantitative estimate of drug-likeness (QED) is 0.302. The van der Waals surface area contributed by atoms with Gasteiger partial charge >= 0.3 is 17.7 Å². The van der Waals surface area contributed by atoms with Crippen molar-refractivity contribution in [3.63, 3.8) is 0 Å². The third-order valence-corrected chi connectivity index (χ3v) is 6.17. The van der Waals surface area contributed by atoms with Gasteiger partial charge in [0.15, 0.2) is 0 Å². The SMILES string of the molecule is CCC[C@@H](NC(=O)OCc1ccccc1)C(=O)Oc1ccc2c3c(c(=O)oc2c1C)CCCC3. The van der Waals surface area contributed by atoms with Crippen LogP contribution in [-0.4, -0.2) is 18.1 Å². The highest BCUT2D eigenvalue weighted by Crippen LogP contribution is 2.32. The van der Waals surface area contributed by atoms with Crippen LogP contribution >= 0.6 is 0 Å². The number of ether oxygens (including phenoxy) is 2. The zero-order valence-corrected chi connectivity index (χ0v) is 19.5. The van der Waals surface area contributed by atoms with E-state index in [1.807, 2.05) is 43.3 Å². The van der Waals surface area contributed by atoms with Gasteiger partial charge in [-0.15, -0.1) is 0 Å². The molecule has 0 aliphatic heterocycles. The van der Waals surface area contributed by atoms with Gasteiger partial charge in [-0.25, -0.2) is 14.4 Å². The monoisotopic (exact) mass is 463 g/mol. The molecule has 0 saturated heterocycles. The minimum absolute atomic E-state index is 0.105. The Balaban J connectivity index is 1.49. The van der Waals surface area contributed by atoms with Gasteiger partial charge in [-0.1, -0.05) is 43.7 Å². The lowest BCUT2D eigenvalue weighted by Crippen LogP contribution is -2.43. The Morgan fingerprint density at radius 3 is 2.53 bits per heavy atom. The molecule has 1 aliphatic carbocycles. The maximum Gasteiger partial charge on any atom is 0.408 e. The number of fused-ring (bicyclic) bond motifs is 3. The highest BCUT2D eigenvalue weighted by Gasteiger charge is 2.25. The van der Waals surface area contributed by atoms with E-state index in [1.165, 1.54) is 0 Å². The Morgan fingerprint density at radius 2 is 1.79 bits per heavy atom. The fraction of sp³-hybridized carbons (Fsp3) is 0.370. The van der Waals surface area contributed by atoms with Crippen LogP contribution in [0, 0.1) is 6.92 Å². The molecule has 7 nitrogen and oxygen atoms in total. The molecule has 1 N–H and O–H groups in total. The number of carbonyl (C=O) groups excluding carboxylic acids is 2. The molecular formula is C27H29NO6. The van der Waals surface area contributed by atoms with Crippen LogP contribution in [0.4, 0.5) is 4.79 Å². The van der Waals surface area contributed by atoms with Crippen LogP contribution in [0.1, 0.15) is 54.9 Å². The van der Waals surface area contributed by atoms with Crippen LogP contribution in [0.3, 0.4) is 0 Å². The highest BCUT2D eigenvalue weighted by molar-refractivity contribution is 5.88. The van der Waals surface area contributed by atoms with Gasteiger partial charge in [0, 0.05) is 16.5 Å². The van der Waals surface area contributed by atoms with Gasteiger partial charge in [-0.05, 0) is 62.3 Å². The smallest absolute Gasteiger partial charge is 0.408 e. The van der Waals surface area contributed by atoms with Crippen LogP contribution in [-0.2, 0) is 29.0 Å². The van der Waals surface area contributed by atoms with Crippen molar-refractivity contribution in [2.75, 3.05) is 0 Å². The Kier molecular flexibility index (Phi) is 7.30. The third kappa shape index (κ3) is 5.14. The van der Waals surface area contributed by atoms with Gasteiger partial charge in [-0.3, -0.25) is 0 Å². The van der Waals surface area contributed by atoms with Crippen LogP contribution in [0.15, 0.2) is 51.7 Å². The van der Waals surface area contributed by atoms with Gasteiger partial charge in [-0.2, -0.15) is 0 Å². The topological polar surface area (TPSA) is 94.8 Å². The largest absolute Gasteiger partial charge is 0.445 e. The summed E-state index contributed by atoms with van der Waals surface area (Å²) < 4.78 is 16.5. The Labute approximate surface area is 198 Å². The molecule has 1 amide bonds. The molecule has 4 rings (SSSR count). The molecule has 7 heteroatoms. The molecule has 0 radical (unpaired) electrons. The molecule has 1 aliphatic rings. The van der Waals surface area contributed by atoms with E-state index < -0.39 is 18.1 Å². The molecule has 1 aromatic heterocycles. The first-order valence-electron chi connectivity index (χ1n) is 11.7. The number of carbonyl (C=O) groups is 2. The molecule has 0 unspecified atom stereocenters. The third-order valence-electron chi connectivity index (χ3n) is 6.17. The summed E-state index contributed by atoms with van der Waals surface area (Å²) in [6.45, 7) is 3.78. The van der Waals surface area contributed by atoms with E-state index in [-0.39, 0.29) is 12.2 Å². The molecule has 2 aromatic carbocycles. The number of rotatable bonds is 7. The van der Waals surface area contributed by atoms with Crippen molar-refractivity contribution in [2.45, 2.75) is 65.0 Å². The summed E-state index contributed by atoms with van der Waals surface area (Å²) in [5.74, 6) is -0.293. The zero-order valence-electron chi connectivity index (χ0n) is 19.5. The Morgan fingerprint density at radius 1 is 1.06 bits per heavy atom. The van der Waals surface area contributed by atoms with Crippen molar-refractivity contribution < 1.29 is 23.5 Å². The minimum Gasteiger partial charge on any atom is -0.445 e. The van der Waals surface area contributed by atoms with Crippen molar-refractivity contribution in [3.05, 3.63) is 75.1 Å². The second-order valence-electron chi connectivity index (χ2n) is 8.59. The summed E-state index contributed by atoms with van der Waals surface area (Å²) in [7, 11) is 0. The lowest BCUT2D eigenvalue weighted by molar-refractivity contribution is -0.136. The van der Waals surface area contributed by atoms with E-state index in [1.54, 1.807) is 13.0 Å². The molecule has 34 heavy (non-hydrogen) atoms. The van der Waals surface area contributed by atoms with Crippen LogP contribution in [0.5, 0.6) is 5.75 Å². The predicted molar refractivity (Wildman–Crippen MR) is 128 cm³/mol. The van der Waals surface area contributed by atoms with E-state index in [9.17, 15) is 14.4 Å². The van der Waals surface area contributed by atoms with Crippen LogP contribution in [0.25, 0.3) is 11.0 Å². The molecule has 0 fully saturated rings. The molecule has 1 atom stereocenters. The molecule has 0 spiro atoms. The average Bonchev–Trinajstić information content (AvgIpc) is 2.85. The van der Waals surface area contributed by atoms with Crippen molar-refractivity contribution in [1.29, 1.82) is 0 Å². The van der Waals surface area contributed by atoms with Crippen molar-refractivity contribution >= 4 is 23.0 Å². The summed E-state index contributed by atoms with van der Waals surface area (Å²) in [6, 6.07) is 12.0. The number of hydrogen-bond donors (Lipinski definition) is 1. The zero-order chi connectivity index (χ0) is 24.1. The second-order valence-corrected chi connectivity index (χ2v) is 8.59. The molecule has 0 saturated carbocycles. The van der Waals surface area contributed by atoms with Crippen LogP contribution in [0.2, 0.25) is 0 Å². The molecule has 0 bridgehead atoms. The number of nitrogens with one attached hydrogen (secondary N) is 1. The number of aryl methyl sites for hydroxylation is 2. The fourth-order valence-electron chi connectivity index (χ4n) is 4.36. The Hall–Kier alpha value is -3.61. The average molecular weight is 464 g/mol. The van der Waals surface area contributed by atoms with E-state index in [0.717, 1.165) is 47.8 Å². The summed E-state index contributed by atoms with van der Waals surface area (Å²) in [5.41, 5.74) is 3.34. The summed E-state index contributed by atoms with van der Waals surface area (Å²) >= 11 is 0. The van der Waals surface area contributed by atoms with Crippen molar-refractivity contribution in [2.24, 2.45) is 0 Å². The van der Waals surface area contributed by atoms with Gasteiger partial charge in [0.1, 0.15) is 24.0 Å². The number of benzene rings is 2. The maximum atomic E-state index is 12.9. The van der Waals surface area contributed by atoms with E-state index in [0.29, 0.717) is 29.7 Å². The summed E-state index contributed by atoms with van der Waals surface area (Å²) in [5, 5.41) is 3.49. The summed E-state index contributed by atoms with van der Waals surface area (Å²) in [4.78, 5) is 37.7. The second kappa shape index (κ2) is 10.5. The highest BCUT2D eigenvalue weighted by atomic mass is 16.6. The van der Waals surface area contributed by atoms with E-state index in [4.69, 9.17) is 13.9 Å². The molecule has 178 valence electrons.